The SMILES string of the molecule is CCC(CC)(CC)N/C=C/C(=O)OC. The average Bonchev–Trinajstić information content (AvgIpc) is 2.25. The summed E-state index contributed by atoms with van der Waals surface area (Å²) in [4.78, 5) is 10.8. The summed E-state index contributed by atoms with van der Waals surface area (Å²) in [6.45, 7) is 6.43. The number of carbonyl (C=O) groups is 1. The Morgan fingerprint density at radius 2 is 1.79 bits per heavy atom. The topological polar surface area (TPSA) is 38.3 Å². The number of rotatable bonds is 6. The van der Waals surface area contributed by atoms with Gasteiger partial charge in [-0.25, -0.2) is 4.79 Å². The molecule has 0 heterocycles. The molecule has 0 aliphatic heterocycles. The number of hydrogen-bond acceptors (Lipinski definition) is 3. The predicted octanol–water partition coefficient (Wildman–Crippen LogP) is 2.23. The van der Waals surface area contributed by atoms with Crippen molar-refractivity contribution in [2.45, 2.75) is 45.6 Å². The predicted molar refractivity (Wildman–Crippen MR) is 57.9 cm³/mol. The molecule has 0 saturated carbocycles. The zero-order valence-electron chi connectivity index (χ0n) is 9.59. The minimum Gasteiger partial charge on any atom is -0.466 e. The first-order valence-electron chi connectivity index (χ1n) is 5.16. The maximum absolute atomic E-state index is 10.8. The summed E-state index contributed by atoms with van der Waals surface area (Å²) in [5, 5.41) is 3.27. The van der Waals surface area contributed by atoms with Crippen molar-refractivity contribution in [2.75, 3.05) is 7.11 Å². The van der Waals surface area contributed by atoms with Gasteiger partial charge in [-0.3, -0.25) is 0 Å². The second-order valence-corrected chi connectivity index (χ2v) is 3.34. The standard InChI is InChI=1S/C11H21NO2/c1-5-11(6-2,7-3)12-9-8-10(13)14-4/h8-9,12H,5-7H2,1-4H3/b9-8+. The van der Waals surface area contributed by atoms with E-state index in [1.165, 1.54) is 13.2 Å². The van der Waals surface area contributed by atoms with Crippen LogP contribution in [-0.2, 0) is 9.53 Å². The summed E-state index contributed by atoms with van der Waals surface area (Å²) in [5.41, 5.74) is 0.116. The van der Waals surface area contributed by atoms with Gasteiger partial charge in [-0.05, 0) is 19.3 Å². The highest BCUT2D eigenvalue weighted by atomic mass is 16.5. The molecule has 0 aromatic heterocycles. The molecule has 0 aliphatic carbocycles. The lowest BCUT2D eigenvalue weighted by Gasteiger charge is -2.30. The van der Waals surface area contributed by atoms with E-state index in [0.29, 0.717) is 0 Å². The molecule has 3 heteroatoms. The van der Waals surface area contributed by atoms with Gasteiger partial charge < -0.3 is 10.1 Å². The van der Waals surface area contributed by atoms with Crippen LogP contribution in [0.25, 0.3) is 0 Å². The maximum atomic E-state index is 10.8. The van der Waals surface area contributed by atoms with E-state index >= 15 is 0 Å². The molecule has 0 aromatic carbocycles. The zero-order chi connectivity index (χ0) is 11.0. The average molecular weight is 199 g/mol. The van der Waals surface area contributed by atoms with Gasteiger partial charge in [0.1, 0.15) is 0 Å². The largest absolute Gasteiger partial charge is 0.466 e. The monoisotopic (exact) mass is 199 g/mol. The maximum Gasteiger partial charge on any atom is 0.331 e. The van der Waals surface area contributed by atoms with Gasteiger partial charge in [-0.15, -0.1) is 0 Å². The van der Waals surface area contributed by atoms with Gasteiger partial charge in [0.25, 0.3) is 0 Å². The molecule has 14 heavy (non-hydrogen) atoms. The molecule has 3 nitrogen and oxygen atoms in total. The molecule has 0 aliphatic rings. The smallest absolute Gasteiger partial charge is 0.331 e. The molecular weight excluding hydrogens is 178 g/mol. The first-order valence-corrected chi connectivity index (χ1v) is 5.16. The van der Waals surface area contributed by atoms with Crippen LogP contribution in [-0.4, -0.2) is 18.6 Å². The van der Waals surface area contributed by atoms with Crippen molar-refractivity contribution >= 4 is 5.97 Å². The Bertz CT molecular complexity index is 187. The van der Waals surface area contributed by atoms with E-state index in [4.69, 9.17) is 0 Å². The first kappa shape index (κ1) is 13.0. The van der Waals surface area contributed by atoms with E-state index in [-0.39, 0.29) is 11.5 Å². The van der Waals surface area contributed by atoms with E-state index in [1.54, 1.807) is 6.20 Å². The minimum absolute atomic E-state index is 0.116. The van der Waals surface area contributed by atoms with Crippen LogP contribution in [0.3, 0.4) is 0 Å². The van der Waals surface area contributed by atoms with E-state index in [0.717, 1.165) is 19.3 Å². The van der Waals surface area contributed by atoms with Gasteiger partial charge in [0.2, 0.25) is 0 Å². The molecule has 0 radical (unpaired) electrons. The van der Waals surface area contributed by atoms with Crippen molar-refractivity contribution in [1.29, 1.82) is 0 Å². The number of nitrogens with one attached hydrogen (secondary N) is 1. The van der Waals surface area contributed by atoms with Gasteiger partial charge in [0.15, 0.2) is 0 Å². The Labute approximate surface area is 86.5 Å². The van der Waals surface area contributed by atoms with Gasteiger partial charge >= 0.3 is 5.97 Å². The van der Waals surface area contributed by atoms with Crippen LogP contribution in [0.1, 0.15) is 40.0 Å². The summed E-state index contributed by atoms with van der Waals surface area (Å²) in [6.07, 6.45) is 6.24. The zero-order valence-corrected chi connectivity index (χ0v) is 9.59. The van der Waals surface area contributed by atoms with Crippen LogP contribution < -0.4 is 5.32 Å². The van der Waals surface area contributed by atoms with E-state index in [2.05, 4.69) is 30.8 Å². The Balaban J connectivity index is 4.18. The van der Waals surface area contributed by atoms with Crippen molar-refractivity contribution in [3.8, 4) is 0 Å². The van der Waals surface area contributed by atoms with Crippen LogP contribution in [0, 0.1) is 0 Å². The molecule has 0 saturated heterocycles. The van der Waals surface area contributed by atoms with Crippen LogP contribution >= 0.6 is 0 Å². The Hall–Kier alpha value is -0.990. The Kier molecular flexibility index (Phi) is 6.00. The van der Waals surface area contributed by atoms with E-state index < -0.39 is 0 Å². The third-order valence-corrected chi connectivity index (χ3v) is 2.84. The highest BCUT2D eigenvalue weighted by Crippen LogP contribution is 2.18. The molecule has 0 fully saturated rings. The van der Waals surface area contributed by atoms with E-state index in [1.807, 2.05) is 0 Å². The Morgan fingerprint density at radius 3 is 2.14 bits per heavy atom. The molecular formula is C11H21NO2. The molecule has 0 amide bonds. The molecule has 0 spiro atoms. The molecule has 0 atom stereocenters. The summed E-state index contributed by atoms with van der Waals surface area (Å²) in [6, 6.07) is 0. The number of hydrogen-bond donors (Lipinski definition) is 1. The first-order chi connectivity index (χ1) is 6.64. The molecule has 82 valence electrons. The van der Waals surface area contributed by atoms with Crippen LogP contribution in [0.5, 0.6) is 0 Å². The lowest BCUT2D eigenvalue weighted by molar-refractivity contribution is -0.134. The van der Waals surface area contributed by atoms with Gasteiger partial charge in [0, 0.05) is 17.8 Å². The number of methoxy groups -OCH3 is 1. The fourth-order valence-corrected chi connectivity index (χ4v) is 1.41. The van der Waals surface area contributed by atoms with Crippen LogP contribution in [0.2, 0.25) is 0 Å². The van der Waals surface area contributed by atoms with Gasteiger partial charge in [-0.2, -0.15) is 0 Å². The number of esters is 1. The summed E-state index contributed by atoms with van der Waals surface area (Å²) >= 11 is 0. The quantitative estimate of drug-likeness (QED) is 0.526. The lowest BCUT2D eigenvalue weighted by atomic mass is 9.90. The highest BCUT2D eigenvalue weighted by molar-refractivity contribution is 5.81. The van der Waals surface area contributed by atoms with Gasteiger partial charge in [0.05, 0.1) is 7.11 Å². The van der Waals surface area contributed by atoms with Crippen molar-refractivity contribution < 1.29 is 9.53 Å². The van der Waals surface area contributed by atoms with Gasteiger partial charge in [-0.1, -0.05) is 20.8 Å². The lowest BCUT2D eigenvalue weighted by Crippen LogP contribution is -2.40. The van der Waals surface area contributed by atoms with Crippen molar-refractivity contribution in [3.05, 3.63) is 12.3 Å². The second-order valence-electron chi connectivity index (χ2n) is 3.34. The second kappa shape index (κ2) is 6.46. The molecule has 0 unspecified atom stereocenters. The van der Waals surface area contributed by atoms with Crippen LogP contribution in [0.15, 0.2) is 12.3 Å². The fraction of sp³-hybridized carbons (Fsp3) is 0.727. The molecule has 0 aromatic rings. The van der Waals surface area contributed by atoms with Crippen molar-refractivity contribution in [1.82, 2.24) is 5.32 Å². The fourth-order valence-electron chi connectivity index (χ4n) is 1.41. The number of carbonyl (C=O) groups excluding carboxylic acids is 1. The summed E-state index contributed by atoms with van der Waals surface area (Å²) in [7, 11) is 1.37. The summed E-state index contributed by atoms with van der Waals surface area (Å²) in [5.74, 6) is -0.324. The molecule has 0 rings (SSSR count). The van der Waals surface area contributed by atoms with Crippen molar-refractivity contribution in [2.24, 2.45) is 0 Å². The molecule has 0 bridgehead atoms. The summed E-state index contributed by atoms with van der Waals surface area (Å²) < 4.78 is 4.50. The third-order valence-electron chi connectivity index (χ3n) is 2.84. The normalized spacial score (nSPS) is 11.7. The minimum atomic E-state index is -0.324. The third kappa shape index (κ3) is 3.81. The number of ether oxygens (including phenoxy) is 1. The Morgan fingerprint density at radius 1 is 1.29 bits per heavy atom. The molecule has 1 N–H and O–H groups in total. The van der Waals surface area contributed by atoms with Crippen LogP contribution in [0.4, 0.5) is 0 Å². The van der Waals surface area contributed by atoms with E-state index in [9.17, 15) is 4.79 Å². The van der Waals surface area contributed by atoms with Crippen molar-refractivity contribution in [3.63, 3.8) is 0 Å². The highest BCUT2D eigenvalue weighted by Gasteiger charge is 2.21.